The van der Waals surface area contributed by atoms with E-state index < -0.39 is 0 Å². The summed E-state index contributed by atoms with van der Waals surface area (Å²) in [4.78, 5) is 12.3. The zero-order valence-corrected chi connectivity index (χ0v) is 9.74. The largest absolute Gasteiger partial charge is 0.516 e. The van der Waals surface area contributed by atoms with Gasteiger partial charge >= 0.3 is 0 Å². The van der Waals surface area contributed by atoms with Crippen molar-refractivity contribution in [2.24, 2.45) is 0 Å². The Bertz CT molecular complexity index is 534. The summed E-state index contributed by atoms with van der Waals surface area (Å²) in [6.07, 6.45) is 3.34. The zero-order valence-electron chi connectivity index (χ0n) is 9.74. The molecule has 0 atom stereocenters. The van der Waals surface area contributed by atoms with Crippen molar-refractivity contribution in [3.05, 3.63) is 54.3 Å². The van der Waals surface area contributed by atoms with Gasteiger partial charge in [0.2, 0.25) is 0 Å². The molecule has 94 valence electrons. The third-order valence-electron chi connectivity index (χ3n) is 2.51. The van der Waals surface area contributed by atoms with E-state index in [1.807, 2.05) is 37.1 Å². The summed E-state index contributed by atoms with van der Waals surface area (Å²) in [6.45, 7) is 2.00. The van der Waals surface area contributed by atoms with Crippen LogP contribution in [0.3, 0.4) is 0 Å². The van der Waals surface area contributed by atoms with Crippen LogP contribution in [0.15, 0.2) is 48.7 Å². The van der Waals surface area contributed by atoms with E-state index in [-0.39, 0.29) is 0 Å². The number of benzene rings is 2. The van der Waals surface area contributed by atoms with Crippen LogP contribution in [0.25, 0.3) is 10.8 Å². The monoisotopic (exact) mass is 246 g/mol. The van der Waals surface area contributed by atoms with E-state index in [0.717, 1.165) is 22.6 Å². The molecule has 0 aliphatic rings. The molecule has 2 aromatic rings. The molecule has 2 N–H and O–H groups in total. The molecule has 2 aromatic carbocycles. The highest BCUT2D eigenvalue weighted by molar-refractivity contribution is 5.91. The van der Waals surface area contributed by atoms with Crippen LogP contribution in [0.4, 0.5) is 0 Å². The number of aliphatic hydroxyl groups excluding tert-OH is 1. The molecule has 4 nitrogen and oxygen atoms in total. The normalized spacial score (nSPS) is 10.1. The summed E-state index contributed by atoms with van der Waals surface area (Å²) < 4.78 is 0. The first-order chi connectivity index (χ1) is 8.86. The minimum absolute atomic E-state index is 0.437. The van der Waals surface area contributed by atoms with E-state index in [9.17, 15) is 0 Å². The van der Waals surface area contributed by atoms with Crippen molar-refractivity contribution in [3.8, 4) is 5.75 Å². The molecule has 0 bridgehead atoms. The molecular weight excluding hydrogens is 232 g/mol. The van der Waals surface area contributed by atoms with Crippen molar-refractivity contribution in [3.63, 3.8) is 0 Å². The van der Waals surface area contributed by atoms with Crippen molar-refractivity contribution in [2.45, 2.75) is 6.42 Å². The molecule has 0 saturated carbocycles. The van der Waals surface area contributed by atoms with Gasteiger partial charge in [0.25, 0.3) is 0 Å². The molecule has 0 fully saturated rings. The Hall–Kier alpha value is -2.33. The number of rotatable bonds is 3. The molecule has 0 aliphatic carbocycles. The van der Waals surface area contributed by atoms with Gasteiger partial charge < -0.3 is 14.8 Å². The lowest BCUT2D eigenvalue weighted by molar-refractivity contribution is -0.136. The first kappa shape index (κ1) is 13.7. The Balaban J connectivity index is 0.000000771. The molecule has 4 heteroatoms. The van der Waals surface area contributed by atoms with E-state index in [0.29, 0.717) is 12.2 Å². The van der Waals surface area contributed by atoms with Gasteiger partial charge in [0.05, 0.1) is 6.26 Å². The summed E-state index contributed by atoms with van der Waals surface area (Å²) in [6, 6.07) is 11.2. The molecule has 2 rings (SSSR count). The van der Waals surface area contributed by atoms with Gasteiger partial charge in [0, 0.05) is 5.39 Å². The second-order valence-electron chi connectivity index (χ2n) is 3.45. The molecule has 0 amide bonds. The Labute approximate surface area is 105 Å². The molecule has 0 aliphatic heterocycles. The average Bonchev–Trinajstić information content (AvgIpc) is 2.46. The van der Waals surface area contributed by atoms with E-state index in [1.165, 1.54) is 0 Å². The lowest BCUT2D eigenvalue weighted by Crippen LogP contribution is -1.89. The number of hydrogen-bond acceptors (Lipinski definition) is 4. The maximum absolute atomic E-state index is 8.75. The lowest BCUT2D eigenvalue weighted by Gasteiger charge is -2.06. The van der Waals surface area contributed by atoms with Crippen LogP contribution >= 0.6 is 0 Å². The Morgan fingerprint density at radius 3 is 2.44 bits per heavy atom. The SMILES string of the molecule is C=O.O/C=C/Cc1cccc2c(OO)cccc12. The molecule has 0 heterocycles. The van der Waals surface area contributed by atoms with Gasteiger partial charge in [-0.3, -0.25) is 0 Å². The minimum Gasteiger partial charge on any atom is -0.516 e. The average molecular weight is 246 g/mol. The Morgan fingerprint density at radius 1 is 1.11 bits per heavy atom. The highest BCUT2D eigenvalue weighted by atomic mass is 17.1. The molecule has 0 radical (unpaired) electrons. The van der Waals surface area contributed by atoms with Crippen LogP contribution in [0.1, 0.15) is 5.56 Å². The fourth-order valence-corrected chi connectivity index (χ4v) is 1.78. The first-order valence-corrected chi connectivity index (χ1v) is 5.27. The van der Waals surface area contributed by atoms with Crippen molar-refractivity contribution in [1.29, 1.82) is 0 Å². The van der Waals surface area contributed by atoms with Gasteiger partial charge in [-0.15, -0.1) is 0 Å². The van der Waals surface area contributed by atoms with E-state index in [4.69, 9.17) is 15.2 Å². The van der Waals surface area contributed by atoms with Gasteiger partial charge in [-0.05, 0) is 29.5 Å². The summed E-state index contributed by atoms with van der Waals surface area (Å²) in [5.74, 6) is 0.437. The summed E-state index contributed by atoms with van der Waals surface area (Å²) in [7, 11) is 0. The maximum Gasteiger partial charge on any atom is 0.172 e. The molecule has 0 saturated heterocycles. The van der Waals surface area contributed by atoms with Crippen molar-refractivity contribution in [1.82, 2.24) is 0 Å². The van der Waals surface area contributed by atoms with Crippen LogP contribution in [-0.2, 0) is 11.2 Å². The van der Waals surface area contributed by atoms with E-state index in [2.05, 4.69) is 4.89 Å². The van der Waals surface area contributed by atoms with Crippen molar-refractivity contribution < 1.29 is 20.0 Å². The second-order valence-corrected chi connectivity index (χ2v) is 3.45. The standard InChI is InChI=1S/C13H12O3.CH2O/c14-9-3-5-10-4-1-7-12-11(10)6-2-8-13(12)16-15;1-2/h1-4,6-9,14-15H,5H2;1H2/b9-3+;. The van der Waals surface area contributed by atoms with Crippen LogP contribution in [0.5, 0.6) is 5.75 Å². The fraction of sp³-hybridized carbons (Fsp3) is 0.0714. The first-order valence-electron chi connectivity index (χ1n) is 5.27. The summed E-state index contributed by atoms with van der Waals surface area (Å²) >= 11 is 0. The van der Waals surface area contributed by atoms with Crippen LogP contribution < -0.4 is 4.89 Å². The predicted octanol–water partition coefficient (Wildman–Crippen LogP) is 3.12. The number of fused-ring (bicyclic) bond motifs is 1. The van der Waals surface area contributed by atoms with Crippen molar-refractivity contribution in [2.75, 3.05) is 0 Å². The highest BCUT2D eigenvalue weighted by Crippen LogP contribution is 2.27. The van der Waals surface area contributed by atoms with Gasteiger partial charge in [-0.1, -0.05) is 30.3 Å². The molecule has 0 spiro atoms. The predicted molar refractivity (Wildman–Crippen MR) is 69.8 cm³/mol. The molecular formula is C14H14O4. The molecule has 0 aromatic heterocycles. The number of hydrogen-bond donors (Lipinski definition) is 2. The number of carbonyl (C=O) groups is 1. The zero-order chi connectivity index (χ0) is 13.4. The number of aliphatic hydroxyl groups is 1. The maximum atomic E-state index is 8.75. The van der Waals surface area contributed by atoms with E-state index >= 15 is 0 Å². The van der Waals surface area contributed by atoms with Crippen LogP contribution in [0.2, 0.25) is 0 Å². The molecule has 18 heavy (non-hydrogen) atoms. The number of allylic oxidation sites excluding steroid dienone is 1. The lowest BCUT2D eigenvalue weighted by atomic mass is 10.0. The van der Waals surface area contributed by atoms with Gasteiger partial charge in [0.1, 0.15) is 6.79 Å². The quantitative estimate of drug-likeness (QED) is 0.496. The minimum atomic E-state index is 0.437. The number of carbonyl (C=O) groups excluding carboxylic acids is 1. The van der Waals surface area contributed by atoms with E-state index in [1.54, 1.807) is 12.1 Å². The second kappa shape index (κ2) is 7.09. The summed E-state index contributed by atoms with van der Waals surface area (Å²) in [5, 5.41) is 19.3. The van der Waals surface area contributed by atoms with Gasteiger partial charge in [-0.25, -0.2) is 5.26 Å². The van der Waals surface area contributed by atoms with Gasteiger partial charge in [0.15, 0.2) is 5.75 Å². The fourth-order valence-electron chi connectivity index (χ4n) is 1.78. The topological polar surface area (TPSA) is 66.8 Å². The summed E-state index contributed by atoms with van der Waals surface area (Å²) in [5.41, 5.74) is 1.07. The van der Waals surface area contributed by atoms with Crippen LogP contribution in [0, 0.1) is 0 Å². The third-order valence-corrected chi connectivity index (χ3v) is 2.51. The third kappa shape index (κ3) is 2.87. The smallest absolute Gasteiger partial charge is 0.172 e. The molecule has 0 unspecified atom stereocenters. The van der Waals surface area contributed by atoms with Crippen LogP contribution in [-0.4, -0.2) is 17.2 Å². The van der Waals surface area contributed by atoms with Gasteiger partial charge in [-0.2, -0.15) is 0 Å². The Kier molecular flexibility index (Phi) is 5.41. The Morgan fingerprint density at radius 2 is 1.78 bits per heavy atom. The highest BCUT2D eigenvalue weighted by Gasteiger charge is 2.04. The van der Waals surface area contributed by atoms with Crippen molar-refractivity contribution >= 4 is 17.6 Å².